The average molecular weight is 406 g/mol. The van der Waals surface area contributed by atoms with Crippen molar-refractivity contribution in [3.63, 3.8) is 0 Å². The van der Waals surface area contributed by atoms with Crippen molar-refractivity contribution in [3.05, 3.63) is 64.6 Å². The third kappa shape index (κ3) is 3.43. The van der Waals surface area contributed by atoms with Gasteiger partial charge in [-0.2, -0.15) is 0 Å². The fraction of sp³-hybridized carbons (Fsp3) is 0.318. The molecule has 0 amide bonds. The zero-order valence-corrected chi connectivity index (χ0v) is 16.8. The number of pyridine rings is 1. The van der Waals surface area contributed by atoms with Crippen LogP contribution in [0.4, 0.5) is 10.3 Å². The van der Waals surface area contributed by atoms with Crippen molar-refractivity contribution >= 4 is 27.8 Å². The van der Waals surface area contributed by atoms with Crippen LogP contribution in [-0.4, -0.2) is 57.6 Å². The number of rotatable bonds is 4. The van der Waals surface area contributed by atoms with Crippen LogP contribution in [0.3, 0.4) is 0 Å². The molecule has 0 aliphatic carbocycles. The van der Waals surface area contributed by atoms with Crippen LogP contribution < -0.4 is 10.5 Å². The molecule has 7 nitrogen and oxygen atoms in total. The number of hydrogen-bond donors (Lipinski definition) is 1. The number of halogens is 1. The number of H-pyrrole nitrogens is 1. The predicted octanol–water partition coefficient (Wildman–Crippen LogP) is 2.41. The third-order valence-electron chi connectivity index (χ3n) is 5.85. The van der Waals surface area contributed by atoms with Crippen molar-refractivity contribution < 1.29 is 4.39 Å². The number of nitrogens with one attached hydrogen (secondary N) is 1. The first-order valence-corrected chi connectivity index (χ1v) is 10.1. The van der Waals surface area contributed by atoms with Gasteiger partial charge in [0.2, 0.25) is 5.95 Å². The van der Waals surface area contributed by atoms with Gasteiger partial charge in [-0.3, -0.25) is 4.79 Å². The van der Waals surface area contributed by atoms with Crippen molar-refractivity contribution in [2.24, 2.45) is 0 Å². The maximum absolute atomic E-state index is 13.6. The van der Waals surface area contributed by atoms with E-state index < -0.39 is 0 Å². The minimum atomic E-state index is -0.264. The minimum absolute atomic E-state index is 0.108. The zero-order chi connectivity index (χ0) is 20.7. The lowest BCUT2D eigenvalue weighted by atomic mass is 10.1. The molecule has 0 saturated carbocycles. The van der Waals surface area contributed by atoms with Gasteiger partial charge in [0.15, 0.2) is 0 Å². The SMILES string of the molecule is CN1CCN(c2ncc3c(=O)n(CCc4c[nH]c5ccc(F)cc45)ccc3n2)CC1. The molecule has 30 heavy (non-hydrogen) atoms. The molecule has 1 aliphatic heterocycles. The van der Waals surface area contributed by atoms with E-state index in [9.17, 15) is 9.18 Å². The summed E-state index contributed by atoms with van der Waals surface area (Å²) >= 11 is 0. The number of aryl methyl sites for hydroxylation is 2. The second-order valence-electron chi connectivity index (χ2n) is 7.83. The lowest BCUT2D eigenvalue weighted by molar-refractivity contribution is 0.311. The number of piperazine rings is 1. The molecule has 0 spiro atoms. The molecule has 0 radical (unpaired) electrons. The first-order valence-electron chi connectivity index (χ1n) is 10.1. The van der Waals surface area contributed by atoms with Gasteiger partial charge in [-0.1, -0.05) is 0 Å². The highest BCUT2D eigenvalue weighted by molar-refractivity contribution is 5.83. The fourth-order valence-corrected chi connectivity index (χ4v) is 3.99. The Hall–Kier alpha value is -3.26. The Morgan fingerprint density at radius 1 is 1.13 bits per heavy atom. The van der Waals surface area contributed by atoms with E-state index in [1.807, 2.05) is 12.3 Å². The molecule has 0 atom stereocenters. The van der Waals surface area contributed by atoms with Gasteiger partial charge in [-0.25, -0.2) is 14.4 Å². The Kier molecular flexibility index (Phi) is 4.71. The molecule has 0 unspecified atom stereocenters. The van der Waals surface area contributed by atoms with E-state index in [1.165, 1.54) is 12.1 Å². The molecule has 1 aromatic carbocycles. The third-order valence-corrected chi connectivity index (χ3v) is 5.85. The zero-order valence-electron chi connectivity index (χ0n) is 16.8. The number of likely N-dealkylation sites (N-methyl/N-ethyl adjacent to an activating group) is 1. The van der Waals surface area contributed by atoms with Gasteiger partial charge in [0.1, 0.15) is 5.82 Å². The molecule has 154 valence electrons. The van der Waals surface area contributed by atoms with E-state index >= 15 is 0 Å². The number of nitrogens with zero attached hydrogens (tertiary/aromatic N) is 5. The van der Waals surface area contributed by atoms with Crippen LogP contribution in [0, 0.1) is 5.82 Å². The summed E-state index contributed by atoms with van der Waals surface area (Å²) < 4.78 is 15.3. The second kappa shape index (κ2) is 7.53. The average Bonchev–Trinajstić information content (AvgIpc) is 3.15. The second-order valence-corrected chi connectivity index (χ2v) is 7.83. The van der Waals surface area contributed by atoms with Crippen LogP contribution in [0.15, 0.2) is 47.7 Å². The molecule has 3 aromatic heterocycles. The maximum Gasteiger partial charge on any atom is 0.261 e. The van der Waals surface area contributed by atoms with Crippen molar-refractivity contribution in [1.29, 1.82) is 0 Å². The van der Waals surface area contributed by atoms with E-state index in [4.69, 9.17) is 0 Å². The van der Waals surface area contributed by atoms with E-state index in [1.54, 1.807) is 23.0 Å². The Balaban J connectivity index is 1.38. The standard InChI is InChI=1S/C22H23FN6O/c1-27-8-10-29(11-9-27)22-25-14-18-20(26-22)5-7-28(21(18)30)6-4-15-13-24-19-3-2-16(23)12-17(15)19/h2-3,5,7,12-14,24H,4,6,8-11H2,1H3. The van der Waals surface area contributed by atoms with Gasteiger partial charge in [-0.15, -0.1) is 0 Å². The molecule has 0 bridgehead atoms. The number of aromatic nitrogens is 4. The van der Waals surface area contributed by atoms with Crippen molar-refractivity contribution in [2.45, 2.75) is 13.0 Å². The predicted molar refractivity (Wildman–Crippen MR) is 115 cm³/mol. The number of anilines is 1. The van der Waals surface area contributed by atoms with Gasteiger partial charge in [-0.05, 0) is 43.3 Å². The Labute approximate surface area is 172 Å². The molecular weight excluding hydrogens is 383 g/mol. The molecule has 1 fully saturated rings. The van der Waals surface area contributed by atoms with E-state index in [-0.39, 0.29) is 11.4 Å². The molecule has 1 aliphatic rings. The number of aromatic amines is 1. The quantitative estimate of drug-likeness (QED) is 0.564. The van der Waals surface area contributed by atoms with Gasteiger partial charge >= 0.3 is 0 Å². The monoisotopic (exact) mass is 406 g/mol. The van der Waals surface area contributed by atoms with E-state index in [0.717, 1.165) is 42.6 Å². The van der Waals surface area contributed by atoms with E-state index in [2.05, 4.69) is 31.8 Å². The van der Waals surface area contributed by atoms with Gasteiger partial charge < -0.3 is 19.4 Å². The number of fused-ring (bicyclic) bond motifs is 2. The molecule has 8 heteroatoms. The molecule has 5 rings (SSSR count). The van der Waals surface area contributed by atoms with Crippen LogP contribution in [-0.2, 0) is 13.0 Å². The fourth-order valence-electron chi connectivity index (χ4n) is 3.99. The smallest absolute Gasteiger partial charge is 0.261 e. The minimum Gasteiger partial charge on any atom is -0.361 e. The maximum atomic E-state index is 13.6. The number of benzene rings is 1. The van der Waals surface area contributed by atoms with Crippen molar-refractivity contribution in [2.75, 3.05) is 38.1 Å². The summed E-state index contributed by atoms with van der Waals surface area (Å²) in [4.78, 5) is 29.6. The summed E-state index contributed by atoms with van der Waals surface area (Å²) in [5.74, 6) is 0.410. The van der Waals surface area contributed by atoms with Crippen LogP contribution in [0.5, 0.6) is 0 Å². The topological polar surface area (TPSA) is 70.0 Å². The summed E-state index contributed by atoms with van der Waals surface area (Å²) in [5, 5.41) is 1.37. The summed E-state index contributed by atoms with van der Waals surface area (Å²) in [6.07, 6.45) is 5.91. The van der Waals surface area contributed by atoms with Crippen LogP contribution >= 0.6 is 0 Å². The normalized spacial score (nSPS) is 15.3. The van der Waals surface area contributed by atoms with Crippen LogP contribution in [0.2, 0.25) is 0 Å². The first kappa shape index (κ1) is 18.7. The summed E-state index contributed by atoms with van der Waals surface area (Å²) in [6.45, 7) is 4.20. The van der Waals surface area contributed by atoms with Crippen molar-refractivity contribution in [3.8, 4) is 0 Å². The Bertz CT molecular complexity index is 1270. The molecular formula is C22H23FN6O. The Morgan fingerprint density at radius 2 is 1.97 bits per heavy atom. The first-order chi connectivity index (χ1) is 14.6. The highest BCUT2D eigenvalue weighted by atomic mass is 19.1. The van der Waals surface area contributed by atoms with Gasteiger partial charge in [0, 0.05) is 62.2 Å². The van der Waals surface area contributed by atoms with Crippen molar-refractivity contribution in [1.82, 2.24) is 24.4 Å². The highest BCUT2D eigenvalue weighted by Crippen LogP contribution is 2.20. The number of hydrogen-bond acceptors (Lipinski definition) is 5. The van der Waals surface area contributed by atoms with E-state index in [0.29, 0.717) is 29.8 Å². The van der Waals surface area contributed by atoms with Gasteiger partial charge in [0.05, 0.1) is 10.9 Å². The van der Waals surface area contributed by atoms with Crippen LogP contribution in [0.25, 0.3) is 21.8 Å². The largest absolute Gasteiger partial charge is 0.361 e. The summed E-state index contributed by atoms with van der Waals surface area (Å²) in [5.41, 5.74) is 2.43. The lowest BCUT2D eigenvalue weighted by Gasteiger charge is -2.32. The summed E-state index contributed by atoms with van der Waals surface area (Å²) in [7, 11) is 2.10. The van der Waals surface area contributed by atoms with Gasteiger partial charge in [0.25, 0.3) is 5.56 Å². The molecule has 1 N–H and O–H groups in total. The molecule has 4 aromatic rings. The molecule has 4 heterocycles. The summed E-state index contributed by atoms with van der Waals surface area (Å²) in [6, 6.07) is 6.56. The molecule has 1 saturated heterocycles. The van der Waals surface area contributed by atoms with Crippen LogP contribution in [0.1, 0.15) is 5.56 Å². The highest BCUT2D eigenvalue weighted by Gasteiger charge is 2.17. The lowest BCUT2D eigenvalue weighted by Crippen LogP contribution is -2.45. The Morgan fingerprint density at radius 3 is 2.80 bits per heavy atom.